The van der Waals surface area contributed by atoms with Gasteiger partial charge in [0.2, 0.25) is 5.91 Å². The minimum atomic E-state index is -0.491. The molecule has 3 nitrogen and oxygen atoms in total. The molecule has 0 radical (unpaired) electrons. The minimum Gasteiger partial charge on any atom is -0.376 e. The Bertz CT molecular complexity index is 679. The van der Waals surface area contributed by atoms with E-state index in [-0.39, 0.29) is 17.5 Å². The molecular formula is C15H13BrClFN2O. The summed E-state index contributed by atoms with van der Waals surface area (Å²) in [4.78, 5) is 11.9. The molecule has 110 valence electrons. The van der Waals surface area contributed by atoms with Crippen molar-refractivity contribution < 1.29 is 9.18 Å². The summed E-state index contributed by atoms with van der Waals surface area (Å²) in [6.07, 6.45) is 0. The second-order valence-corrected chi connectivity index (χ2v) is 5.78. The van der Waals surface area contributed by atoms with E-state index in [1.54, 1.807) is 0 Å². The highest BCUT2D eigenvalue weighted by Gasteiger charge is 2.06. The van der Waals surface area contributed by atoms with Crippen molar-refractivity contribution in [2.24, 2.45) is 0 Å². The van der Waals surface area contributed by atoms with Crippen molar-refractivity contribution in [1.29, 1.82) is 0 Å². The summed E-state index contributed by atoms with van der Waals surface area (Å²) in [7, 11) is 0. The quantitative estimate of drug-likeness (QED) is 0.824. The van der Waals surface area contributed by atoms with Gasteiger partial charge in [0.1, 0.15) is 5.82 Å². The zero-order valence-electron chi connectivity index (χ0n) is 11.2. The molecule has 0 aromatic heterocycles. The molecule has 0 bridgehead atoms. The number of rotatable bonds is 4. The molecule has 0 unspecified atom stereocenters. The van der Waals surface area contributed by atoms with Crippen LogP contribution in [-0.4, -0.2) is 12.5 Å². The van der Waals surface area contributed by atoms with Crippen LogP contribution < -0.4 is 10.6 Å². The average molecular weight is 372 g/mol. The smallest absolute Gasteiger partial charge is 0.243 e. The molecule has 0 saturated carbocycles. The van der Waals surface area contributed by atoms with Crippen LogP contribution in [0.1, 0.15) is 5.56 Å². The second-order valence-electron chi connectivity index (χ2n) is 4.51. The summed E-state index contributed by atoms with van der Waals surface area (Å²) in [6.45, 7) is 2.03. The van der Waals surface area contributed by atoms with Gasteiger partial charge in [-0.25, -0.2) is 4.39 Å². The number of aryl methyl sites for hydroxylation is 1. The Kier molecular flexibility index (Phi) is 5.20. The summed E-state index contributed by atoms with van der Waals surface area (Å²) >= 11 is 9.07. The number of anilines is 2. The van der Waals surface area contributed by atoms with Gasteiger partial charge in [0.05, 0.1) is 17.3 Å². The first-order valence-electron chi connectivity index (χ1n) is 6.20. The summed E-state index contributed by atoms with van der Waals surface area (Å²) in [5, 5.41) is 5.68. The average Bonchev–Trinajstić information content (AvgIpc) is 2.43. The van der Waals surface area contributed by atoms with Gasteiger partial charge in [-0.05, 0) is 58.7 Å². The van der Waals surface area contributed by atoms with Crippen LogP contribution in [0.15, 0.2) is 40.9 Å². The predicted octanol–water partition coefficient (Wildman–Crippen LogP) is 4.60. The Labute approximate surface area is 135 Å². The maximum Gasteiger partial charge on any atom is 0.243 e. The van der Waals surface area contributed by atoms with Crippen molar-refractivity contribution in [1.82, 2.24) is 0 Å². The lowest BCUT2D eigenvalue weighted by molar-refractivity contribution is -0.114. The van der Waals surface area contributed by atoms with Gasteiger partial charge in [-0.15, -0.1) is 0 Å². The zero-order valence-corrected chi connectivity index (χ0v) is 13.6. The van der Waals surface area contributed by atoms with E-state index in [2.05, 4.69) is 26.6 Å². The van der Waals surface area contributed by atoms with E-state index in [1.165, 1.54) is 18.2 Å². The van der Waals surface area contributed by atoms with Crippen LogP contribution in [0.25, 0.3) is 0 Å². The van der Waals surface area contributed by atoms with E-state index in [9.17, 15) is 9.18 Å². The second kappa shape index (κ2) is 6.91. The first kappa shape index (κ1) is 15.8. The fourth-order valence-electron chi connectivity index (χ4n) is 1.70. The number of carbonyl (C=O) groups excluding carboxylic acids is 1. The fraction of sp³-hybridized carbons (Fsp3) is 0.133. The number of hydrogen-bond acceptors (Lipinski definition) is 2. The third kappa shape index (κ3) is 4.44. The predicted molar refractivity (Wildman–Crippen MR) is 87.4 cm³/mol. The number of amides is 1. The Morgan fingerprint density at radius 3 is 2.71 bits per heavy atom. The molecule has 6 heteroatoms. The van der Waals surface area contributed by atoms with Crippen molar-refractivity contribution >= 4 is 44.8 Å². The van der Waals surface area contributed by atoms with E-state index in [1.807, 2.05) is 25.1 Å². The molecule has 0 fully saturated rings. The molecule has 0 heterocycles. The van der Waals surface area contributed by atoms with Crippen LogP contribution in [0.2, 0.25) is 5.02 Å². The molecule has 2 aromatic carbocycles. The van der Waals surface area contributed by atoms with Gasteiger partial charge in [-0.2, -0.15) is 0 Å². The molecule has 0 aliphatic heterocycles. The number of benzene rings is 2. The Hall–Kier alpha value is -1.59. The molecular weight excluding hydrogens is 359 g/mol. The van der Waals surface area contributed by atoms with Crippen molar-refractivity contribution in [2.45, 2.75) is 6.92 Å². The van der Waals surface area contributed by atoms with Crippen LogP contribution in [0.4, 0.5) is 15.8 Å². The molecule has 21 heavy (non-hydrogen) atoms. The number of carbonyl (C=O) groups is 1. The molecule has 2 N–H and O–H groups in total. The van der Waals surface area contributed by atoms with Crippen molar-refractivity contribution in [2.75, 3.05) is 17.2 Å². The first-order valence-corrected chi connectivity index (χ1v) is 7.38. The highest BCUT2D eigenvalue weighted by atomic mass is 79.9. The fourth-order valence-corrected chi connectivity index (χ4v) is 2.48. The van der Waals surface area contributed by atoms with Gasteiger partial charge in [-0.1, -0.05) is 17.7 Å². The normalized spacial score (nSPS) is 10.3. The molecule has 0 saturated heterocycles. The van der Waals surface area contributed by atoms with Crippen molar-refractivity contribution in [3.05, 3.63) is 57.3 Å². The number of hydrogen-bond donors (Lipinski definition) is 2. The first-order chi connectivity index (χ1) is 9.95. The maximum absolute atomic E-state index is 13.0. The van der Waals surface area contributed by atoms with Crippen LogP contribution in [-0.2, 0) is 4.79 Å². The Morgan fingerprint density at radius 1 is 1.29 bits per heavy atom. The van der Waals surface area contributed by atoms with E-state index in [0.29, 0.717) is 11.4 Å². The van der Waals surface area contributed by atoms with E-state index in [4.69, 9.17) is 11.6 Å². The van der Waals surface area contributed by atoms with Crippen LogP contribution in [0.5, 0.6) is 0 Å². The van der Waals surface area contributed by atoms with E-state index in [0.717, 1.165) is 10.0 Å². The van der Waals surface area contributed by atoms with Gasteiger partial charge in [0.25, 0.3) is 0 Å². The standard InChI is InChI=1S/C15H13BrClFN2O/c1-9-2-5-14(11(16)6-9)20-15(21)8-19-10-3-4-13(18)12(17)7-10/h2-7,19H,8H2,1H3,(H,20,21). The molecule has 0 aliphatic carbocycles. The Morgan fingerprint density at radius 2 is 2.05 bits per heavy atom. The summed E-state index contributed by atoms with van der Waals surface area (Å²) in [5.74, 6) is -0.699. The van der Waals surface area contributed by atoms with Gasteiger partial charge in [0.15, 0.2) is 0 Å². The lowest BCUT2D eigenvalue weighted by atomic mass is 10.2. The highest BCUT2D eigenvalue weighted by molar-refractivity contribution is 9.10. The molecule has 2 rings (SSSR count). The highest BCUT2D eigenvalue weighted by Crippen LogP contribution is 2.23. The van der Waals surface area contributed by atoms with Gasteiger partial charge in [0, 0.05) is 10.2 Å². The molecule has 1 amide bonds. The number of nitrogens with one attached hydrogen (secondary N) is 2. The molecule has 2 aromatic rings. The summed E-state index contributed by atoms with van der Waals surface area (Å²) in [6, 6.07) is 9.86. The van der Waals surface area contributed by atoms with Gasteiger partial charge >= 0.3 is 0 Å². The number of halogens is 3. The monoisotopic (exact) mass is 370 g/mol. The zero-order chi connectivity index (χ0) is 15.4. The van der Waals surface area contributed by atoms with Crippen molar-refractivity contribution in [3.63, 3.8) is 0 Å². The maximum atomic E-state index is 13.0. The Balaban J connectivity index is 1.94. The summed E-state index contributed by atoms with van der Waals surface area (Å²) in [5.41, 5.74) is 2.38. The minimum absolute atomic E-state index is 0.0155. The molecule has 0 atom stereocenters. The molecule has 0 aliphatic rings. The summed E-state index contributed by atoms with van der Waals surface area (Å²) < 4.78 is 13.8. The van der Waals surface area contributed by atoms with Gasteiger partial charge in [-0.3, -0.25) is 4.79 Å². The molecule has 0 spiro atoms. The van der Waals surface area contributed by atoms with Crippen LogP contribution >= 0.6 is 27.5 Å². The van der Waals surface area contributed by atoms with E-state index >= 15 is 0 Å². The lowest BCUT2D eigenvalue weighted by Gasteiger charge is -2.10. The third-order valence-electron chi connectivity index (χ3n) is 2.77. The van der Waals surface area contributed by atoms with Crippen molar-refractivity contribution in [3.8, 4) is 0 Å². The van der Waals surface area contributed by atoms with Crippen LogP contribution in [0, 0.1) is 12.7 Å². The van der Waals surface area contributed by atoms with Gasteiger partial charge < -0.3 is 10.6 Å². The SMILES string of the molecule is Cc1ccc(NC(=O)CNc2ccc(F)c(Cl)c2)c(Br)c1. The van der Waals surface area contributed by atoms with Crippen LogP contribution in [0.3, 0.4) is 0 Å². The third-order valence-corrected chi connectivity index (χ3v) is 3.72. The van der Waals surface area contributed by atoms with E-state index < -0.39 is 5.82 Å². The topological polar surface area (TPSA) is 41.1 Å². The lowest BCUT2D eigenvalue weighted by Crippen LogP contribution is -2.22. The largest absolute Gasteiger partial charge is 0.376 e.